The summed E-state index contributed by atoms with van der Waals surface area (Å²) in [5.74, 6) is 0.153. The van der Waals surface area contributed by atoms with Gasteiger partial charge in [-0.2, -0.15) is 0 Å². The second-order valence-electron chi connectivity index (χ2n) is 5.34. The van der Waals surface area contributed by atoms with Gasteiger partial charge in [-0.15, -0.1) is 12.4 Å². The van der Waals surface area contributed by atoms with Crippen molar-refractivity contribution in [3.05, 3.63) is 0 Å². The summed E-state index contributed by atoms with van der Waals surface area (Å²) in [4.78, 5) is 16.5. The van der Waals surface area contributed by atoms with Crippen molar-refractivity contribution in [2.45, 2.75) is 51.1 Å². The molecular formula is C13H26ClN3O. The standard InChI is InChI=1S/C13H25N3O.ClH/c1-2-4-12(14)13(17)16-9-7-15(8-10-16)11-5-3-6-11;/h11-12H,2-10,14H2,1H3;1H. The smallest absolute Gasteiger partial charge is 0.239 e. The van der Waals surface area contributed by atoms with Crippen LogP contribution in [0.15, 0.2) is 0 Å². The van der Waals surface area contributed by atoms with E-state index < -0.39 is 0 Å². The molecule has 1 aliphatic carbocycles. The first-order valence-corrected chi connectivity index (χ1v) is 7.00. The zero-order valence-corrected chi connectivity index (χ0v) is 12.1. The largest absolute Gasteiger partial charge is 0.339 e. The van der Waals surface area contributed by atoms with Gasteiger partial charge in [-0.25, -0.2) is 0 Å². The number of hydrogen-bond acceptors (Lipinski definition) is 3. The zero-order chi connectivity index (χ0) is 12.3. The number of piperazine rings is 1. The molecule has 0 bridgehead atoms. The van der Waals surface area contributed by atoms with Gasteiger partial charge in [0.1, 0.15) is 0 Å². The van der Waals surface area contributed by atoms with Crippen LogP contribution in [0.1, 0.15) is 39.0 Å². The van der Waals surface area contributed by atoms with E-state index >= 15 is 0 Å². The van der Waals surface area contributed by atoms with Gasteiger partial charge in [0.15, 0.2) is 0 Å². The second-order valence-corrected chi connectivity index (χ2v) is 5.34. The van der Waals surface area contributed by atoms with Gasteiger partial charge in [0.2, 0.25) is 5.91 Å². The van der Waals surface area contributed by atoms with Gasteiger partial charge in [0, 0.05) is 32.2 Å². The van der Waals surface area contributed by atoms with E-state index in [1.54, 1.807) is 0 Å². The minimum Gasteiger partial charge on any atom is -0.339 e. The van der Waals surface area contributed by atoms with Crippen LogP contribution >= 0.6 is 12.4 Å². The maximum absolute atomic E-state index is 12.0. The van der Waals surface area contributed by atoms with Gasteiger partial charge in [0.05, 0.1) is 6.04 Å². The zero-order valence-electron chi connectivity index (χ0n) is 11.3. The summed E-state index contributed by atoms with van der Waals surface area (Å²) in [5, 5.41) is 0. The molecule has 0 spiro atoms. The quantitative estimate of drug-likeness (QED) is 0.840. The van der Waals surface area contributed by atoms with Crippen LogP contribution in [0.25, 0.3) is 0 Å². The van der Waals surface area contributed by atoms with Crippen molar-refractivity contribution >= 4 is 18.3 Å². The third-order valence-electron chi connectivity index (χ3n) is 4.13. The van der Waals surface area contributed by atoms with Crippen LogP contribution in [0.5, 0.6) is 0 Å². The number of carbonyl (C=O) groups is 1. The Balaban J connectivity index is 0.00000162. The van der Waals surface area contributed by atoms with Crippen LogP contribution in [0, 0.1) is 0 Å². The number of carbonyl (C=O) groups excluding carboxylic acids is 1. The van der Waals surface area contributed by atoms with Gasteiger partial charge in [-0.1, -0.05) is 19.8 Å². The predicted molar refractivity (Wildman–Crippen MR) is 75.9 cm³/mol. The van der Waals surface area contributed by atoms with Crippen molar-refractivity contribution in [2.75, 3.05) is 26.2 Å². The molecule has 1 saturated carbocycles. The molecule has 5 heteroatoms. The lowest BCUT2D eigenvalue weighted by molar-refractivity contribution is -0.135. The van der Waals surface area contributed by atoms with Crippen molar-refractivity contribution in [1.29, 1.82) is 0 Å². The Morgan fingerprint density at radius 1 is 1.28 bits per heavy atom. The molecule has 0 radical (unpaired) electrons. The lowest BCUT2D eigenvalue weighted by Crippen LogP contribution is -2.56. The molecule has 1 atom stereocenters. The highest BCUT2D eigenvalue weighted by Crippen LogP contribution is 2.25. The van der Waals surface area contributed by atoms with E-state index in [0.717, 1.165) is 45.1 Å². The average Bonchev–Trinajstić information content (AvgIpc) is 2.27. The number of rotatable bonds is 4. The van der Waals surface area contributed by atoms with E-state index in [9.17, 15) is 4.79 Å². The monoisotopic (exact) mass is 275 g/mol. The normalized spacial score (nSPS) is 23.1. The number of hydrogen-bond donors (Lipinski definition) is 1. The van der Waals surface area contributed by atoms with Gasteiger partial charge < -0.3 is 10.6 Å². The van der Waals surface area contributed by atoms with Crippen LogP contribution in [0.3, 0.4) is 0 Å². The summed E-state index contributed by atoms with van der Waals surface area (Å²) in [6.45, 7) is 5.88. The lowest BCUT2D eigenvalue weighted by atomic mass is 9.91. The van der Waals surface area contributed by atoms with Crippen LogP contribution in [-0.4, -0.2) is 54.0 Å². The van der Waals surface area contributed by atoms with Crippen LogP contribution < -0.4 is 5.73 Å². The van der Waals surface area contributed by atoms with Crippen molar-refractivity contribution < 1.29 is 4.79 Å². The molecule has 2 rings (SSSR count). The molecule has 1 heterocycles. The Kier molecular flexibility index (Phi) is 6.39. The molecule has 0 aromatic carbocycles. The molecule has 2 aliphatic rings. The van der Waals surface area contributed by atoms with Gasteiger partial charge in [0.25, 0.3) is 0 Å². The number of nitrogens with zero attached hydrogens (tertiary/aromatic N) is 2. The molecule has 0 aromatic rings. The van der Waals surface area contributed by atoms with E-state index in [-0.39, 0.29) is 24.4 Å². The van der Waals surface area contributed by atoms with E-state index in [4.69, 9.17) is 5.73 Å². The summed E-state index contributed by atoms with van der Waals surface area (Å²) < 4.78 is 0. The lowest BCUT2D eigenvalue weighted by Gasteiger charge is -2.43. The first-order valence-electron chi connectivity index (χ1n) is 7.00. The van der Waals surface area contributed by atoms with Crippen molar-refractivity contribution in [3.63, 3.8) is 0 Å². The molecule has 4 nitrogen and oxygen atoms in total. The Bertz CT molecular complexity index is 263. The van der Waals surface area contributed by atoms with Crippen LogP contribution in [0.2, 0.25) is 0 Å². The summed E-state index contributed by atoms with van der Waals surface area (Å²) in [6, 6.07) is 0.520. The predicted octanol–water partition coefficient (Wildman–Crippen LogP) is 1.23. The first kappa shape index (κ1) is 15.7. The Morgan fingerprint density at radius 3 is 2.33 bits per heavy atom. The van der Waals surface area contributed by atoms with Crippen molar-refractivity contribution in [2.24, 2.45) is 5.73 Å². The summed E-state index contributed by atoms with van der Waals surface area (Å²) in [7, 11) is 0. The fraction of sp³-hybridized carbons (Fsp3) is 0.923. The minimum absolute atomic E-state index is 0. The fourth-order valence-corrected chi connectivity index (χ4v) is 2.73. The van der Waals surface area contributed by atoms with Crippen LogP contribution in [0.4, 0.5) is 0 Å². The third-order valence-corrected chi connectivity index (χ3v) is 4.13. The molecule has 2 N–H and O–H groups in total. The molecular weight excluding hydrogens is 250 g/mol. The first-order chi connectivity index (χ1) is 8.22. The van der Waals surface area contributed by atoms with Gasteiger partial charge >= 0.3 is 0 Å². The SMILES string of the molecule is CCCC(N)C(=O)N1CCN(C2CCC2)CC1.Cl. The summed E-state index contributed by atoms with van der Waals surface area (Å²) in [5.41, 5.74) is 5.89. The molecule has 18 heavy (non-hydrogen) atoms. The highest BCUT2D eigenvalue weighted by Gasteiger charge is 2.30. The Labute approximate surface area is 116 Å². The number of nitrogens with two attached hydrogens (primary N) is 1. The molecule has 1 unspecified atom stereocenters. The van der Waals surface area contributed by atoms with E-state index in [0.29, 0.717) is 0 Å². The van der Waals surface area contributed by atoms with E-state index in [1.165, 1.54) is 19.3 Å². The van der Waals surface area contributed by atoms with Crippen molar-refractivity contribution in [3.8, 4) is 0 Å². The maximum atomic E-state index is 12.0. The highest BCUT2D eigenvalue weighted by atomic mass is 35.5. The number of halogens is 1. The van der Waals surface area contributed by atoms with Gasteiger partial charge in [-0.05, 0) is 19.3 Å². The molecule has 2 fully saturated rings. The Hall–Kier alpha value is -0.320. The second kappa shape index (κ2) is 7.31. The summed E-state index contributed by atoms with van der Waals surface area (Å²) >= 11 is 0. The van der Waals surface area contributed by atoms with Crippen LogP contribution in [-0.2, 0) is 4.79 Å². The number of amides is 1. The summed E-state index contributed by atoms with van der Waals surface area (Å²) in [6.07, 6.45) is 5.87. The van der Waals surface area contributed by atoms with E-state index in [2.05, 4.69) is 11.8 Å². The minimum atomic E-state index is -0.282. The fourth-order valence-electron chi connectivity index (χ4n) is 2.73. The maximum Gasteiger partial charge on any atom is 0.239 e. The Morgan fingerprint density at radius 2 is 1.89 bits per heavy atom. The van der Waals surface area contributed by atoms with E-state index in [1.807, 2.05) is 4.90 Å². The molecule has 0 aromatic heterocycles. The van der Waals surface area contributed by atoms with Gasteiger partial charge in [-0.3, -0.25) is 9.69 Å². The average molecular weight is 276 g/mol. The topological polar surface area (TPSA) is 49.6 Å². The molecule has 1 aliphatic heterocycles. The molecule has 1 amide bonds. The highest BCUT2D eigenvalue weighted by molar-refractivity contribution is 5.85. The molecule has 1 saturated heterocycles. The third kappa shape index (κ3) is 3.59. The van der Waals surface area contributed by atoms with Crippen molar-refractivity contribution in [1.82, 2.24) is 9.80 Å². The molecule has 106 valence electrons.